The van der Waals surface area contributed by atoms with Crippen LogP contribution in [-0.2, 0) is 4.79 Å². The minimum atomic E-state index is -0.585. The maximum absolute atomic E-state index is 12.4. The first kappa shape index (κ1) is 12.8. The van der Waals surface area contributed by atoms with Gasteiger partial charge in [-0.15, -0.1) is 0 Å². The molecular formula is C16H15NO3. The zero-order chi connectivity index (χ0) is 14.3. The van der Waals surface area contributed by atoms with Crippen LogP contribution >= 0.6 is 0 Å². The molecular weight excluding hydrogens is 254 g/mol. The summed E-state index contributed by atoms with van der Waals surface area (Å²) in [7, 11) is 0. The molecule has 4 nitrogen and oxygen atoms in total. The quantitative estimate of drug-likeness (QED) is 0.622. The summed E-state index contributed by atoms with van der Waals surface area (Å²) in [6.45, 7) is 1.79. The van der Waals surface area contributed by atoms with Gasteiger partial charge in [-0.1, -0.05) is 25.1 Å². The van der Waals surface area contributed by atoms with Gasteiger partial charge >= 0.3 is 0 Å². The molecule has 1 fully saturated rings. The second kappa shape index (κ2) is 4.40. The van der Waals surface area contributed by atoms with Gasteiger partial charge in [0.05, 0.1) is 16.7 Å². The van der Waals surface area contributed by atoms with Gasteiger partial charge in [0, 0.05) is 6.42 Å². The van der Waals surface area contributed by atoms with Crippen LogP contribution in [0.3, 0.4) is 0 Å². The normalized spacial score (nSPS) is 19.6. The Kier molecular flexibility index (Phi) is 2.82. The van der Waals surface area contributed by atoms with Crippen molar-refractivity contribution in [1.29, 1.82) is 0 Å². The number of hydrogen-bond donors (Lipinski definition) is 0. The fourth-order valence-electron chi connectivity index (χ4n) is 2.55. The highest BCUT2D eigenvalue weighted by atomic mass is 16.2. The lowest BCUT2D eigenvalue weighted by Crippen LogP contribution is -2.40. The van der Waals surface area contributed by atoms with Crippen LogP contribution in [0.5, 0.6) is 0 Å². The fourth-order valence-corrected chi connectivity index (χ4v) is 2.55. The van der Waals surface area contributed by atoms with E-state index in [4.69, 9.17) is 0 Å². The number of fused-ring (bicyclic) bond motifs is 1. The summed E-state index contributed by atoms with van der Waals surface area (Å²) in [5.41, 5.74) is 0.330. The number of nitrogens with zero attached hydrogens (tertiary/aromatic N) is 1. The number of allylic oxidation sites excluding steroid dienone is 1. The standard InChI is InChI=1S/C16H15NO3/c1-2-11(18)7-8-16(9-10-16)17-14(19)12-5-3-4-6-13(12)15(17)20/h3-8H,2,9-10H2,1H3/b8-7+. The number of rotatable bonds is 4. The van der Waals surface area contributed by atoms with Crippen LogP contribution in [0.2, 0.25) is 0 Å². The topological polar surface area (TPSA) is 54.5 Å². The molecule has 20 heavy (non-hydrogen) atoms. The van der Waals surface area contributed by atoms with E-state index in [-0.39, 0.29) is 17.6 Å². The highest BCUT2D eigenvalue weighted by molar-refractivity contribution is 6.22. The molecule has 1 saturated carbocycles. The van der Waals surface area contributed by atoms with E-state index in [0.717, 1.165) is 12.8 Å². The van der Waals surface area contributed by atoms with Crippen LogP contribution in [0, 0.1) is 0 Å². The second-order valence-electron chi connectivity index (χ2n) is 5.25. The first-order valence-electron chi connectivity index (χ1n) is 6.79. The molecule has 1 heterocycles. The minimum absolute atomic E-state index is 0.00730. The maximum Gasteiger partial charge on any atom is 0.262 e. The van der Waals surface area contributed by atoms with Crippen molar-refractivity contribution in [1.82, 2.24) is 4.90 Å². The Morgan fingerprint density at radius 3 is 2.20 bits per heavy atom. The average Bonchev–Trinajstić information content (AvgIpc) is 3.20. The third-order valence-corrected chi connectivity index (χ3v) is 3.93. The van der Waals surface area contributed by atoms with Crippen LogP contribution in [0.25, 0.3) is 0 Å². The molecule has 3 rings (SSSR count). The Hall–Kier alpha value is -2.23. The lowest BCUT2D eigenvalue weighted by Gasteiger charge is -2.22. The number of amides is 2. The average molecular weight is 269 g/mol. The number of imide groups is 1. The van der Waals surface area contributed by atoms with Gasteiger partial charge in [-0.25, -0.2) is 0 Å². The van der Waals surface area contributed by atoms with E-state index in [0.29, 0.717) is 17.5 Å². The molecule has 2 amide bonds. The Bertz CT molecular complexity index is 606. The van der Waals surface area contributed by atoms with Crippen LogP contribution in [0.4, 0.5) is 0 Å². The Morgan fingerprint density at radius 2 is 1.75 bits per heavy atom. The summed E-state index contributed by atoms with van der Waals surface area (Å²) in [6, 6.07) is 6.85. The summed E-state index contributed by atoms with van der Waals surface area (Å²) in [4.78, 5) is 37.5. The van der Waals surface area contributed by atoms with E-state index >= 15 is 0 Å². The molecule has 0 N–H and O–H groups in total. The molecule has 102 valence electrons. The monoisotopic (exact) mass is 269 g/mol. The third kappa shape index (κ3) is 1.80. The molecule has 1 aromatic rings. The van der Waals surface area contributed by atoms with Gasteiger partial charge in [0.25, 0.3) is 11.8 Å². The van der Waals surface area contributed by atoms with Gasteiger partial charge in [0.15, 0.2) is 5.78 Å². The van der Waals surface area contributed by atoms with Gasteiger partial charge in [-0.2, -0.15) is 0 Å². The Balaban J connectivity index is 1.93. The van der Waals surface area contributed by atoms with Crippen molar-refractivity contribution in [3.8, 4) is 0 Å². The third-order valence-electron chi connectivity index (χ3n) is 3.93. The minimum Gasteiger partial charge on any atom is -0.295 e. The van der Waals surface area contributed by atoms with Gasteiger partial charge in [0.2, 0.25) is 0 Å². The van der Waals surface area contributed by atoms with Crippen molar-refractivity contribution >= 4 is 17.6 Å². The van der Waals surface area contributed by atoms with E-state index < -0.39 is 5.54 Å². The molecule has 0 spiro atoms. The van der Waals surface area contributed by atoms with Crippen molar-refractivity contribution in [2.45, 2.75) is 31.7 Å². The zero-order valence-corrected chi connectivity index (χ0v) is 11.3. The van der Waals surface area contributed by atoms with Crippen LogP contribution in [0.15, 0.2) is 36.4 Å². The number of carbonyl (C=O) groups excluding carboxylic acids is 3. The van der Waals surface area contributed by atoms with Crippen molar-refractivity contribution in [2.75, 3.05) is 0 Å². The van der Waals surface area contributed by atoms with E-state index in [1.807, 2.05) is 0 Å². The largest absolute Gasteiger partial charge is 0.295 e. The highest BCUT2D eigenvalue weighted by Gasteiger charge is 2.54. The van der Waals surface area contributed by atoms with Crippen LogP contribution < -0.4 is 0 Å². The number of hydrogen-bond acceptors (Lipinski definition) is 3. The van der Waals surface area contributed by atoms with E-state index in [2.05, 4.69) is 0 Å². The predicted octanol–water partition coefficient (Wildman–Crippen LogP) is 2.35. The fraction of sp³-hybridized carbons (Fsp3) is 0.312. The number of carbonyl (C=O) groups is 3. The van der Waals surface area contributed by atoms with E-state index in [9.17, 15) is 14.4 Å². The highest BCUT2D eigenvalue weighted by Crippen LogP contribution is 2.46. The molecule has 2 aliphatic rings. The molecule has 4 heteroatoms. The molecule has 0 saturated heterocycles. The van der Waals surface area contributed by atoms with E-state index in [1.165, 1.54) is 11.0 Å². The molecule has 0 radical (unpaired) electrons. The van der Waals surface area contributed by atoms with Gasteiger partial charge < -0.3 is 0 Å². The van der Waals surface area contributed by atoms with Crippen LogP contribution in [0.1, 0.15) is 46.9 Å². The number of benzene rings is 1. The van der Waals surface area contributed by atoms with Gasteiger partial charge in [-0.05, 0) is 31.1 Å². The second-order valence-corrected chi connectivity index (χ2v) is 5.25. The van der Waals surface area contributed by atoms with Crippen molar-refractivity contribution in [3.63, 3.8) is 0 Å². The molecule has 1 aromatic carbocycles. The predicted molar refractivity (Wildman–Crippen MR) is 73.3 cm³/mol. The first-order chi connectivity index (χ1) is 9.59. The van der Waals surface area contributed by atoms with Crippen LogP contribution in [-0.4, -0.2) is 28.0 Å². The summed E-state index contributed by atoms with van der Waals surface area (Å²) in [6.07, 6.45) is 5.10. The smallest absolute Gasteiger partial charge is 0.262 e. The summed E-state index contributed by atoms with van der Waals surface area (Å²) >= 11 is 0. The van der Waals surface area contributed by atoms with Crippen molar-refractivity contribution in [3.05, 3.63) is 47.5 Å². The van der Waals surface area contributed by atoms with Gasteiger partial charge in [0.1, 0.15) is 0 Å². The zero-order valence-electron chi connectivity index (χ0n) is 11.3. The maximum atomic E-state index is 12.4. The van der Waals surface area contributed by atoms with Gasteiger partial charge in [-0.3, -0.25) is 19.3 Å². The lowest BCUT2D eigenvalue weighted by molar-refractivity contribution is -0.114. The summed E-state index contributed by atoms with van der Waals surface area (Å²) < 4.78 is 0. The molecule has 1 aliphatic heterocycles. The van der Waals surface area contributed by atoms with Crippen molar-refractivity contribution < 1.29 is 14.4 Å². The Morgan fingerprint density at radius 1 is 1.20 bits per heavy atom. The summed E-state index contributed by atoms with van der Waals surface area (Å²) in [5.74, 6) is -0.499. The van der Waals surface area contributed by atoms with Crippen molar-refractivity contribution in [2.24, 2.45) is 0 Å². The molecule has 0 aromatic heterocycles. The molecule has 0 bridgehead atoms. The number of ketones is 1. The Labute approximate surface area is 117 Å². The van der Waals surface area contributed by atoms with E-state index in [1.54, 1.807) is 37.3 Å². The lowest BCUT2D eigenvalue weighted by atomic mass is 10.1. The molecule has 0 unspecified atom stereocenters. The molecule has 1 aliphatic carbocycles. The first-order valence-corrected chi connectivity index (χ1v) is 6.79. The SMILES string of the molecule is CCC(=O)/C=C/C1(N2C(=O)c3ccccc3C2=O)CC1. The molecule has 0 atom stereocenters. The summed E-state index contributed by atoms with van der Waals surface area (Å²) in [5, 5.41) is 0.